The van der Waals surface area contributed by atoms with E-state index in [0.29, 0.717) is 24.0 Å². The summed E-state index contributed by atoms with van der Waals surface area (Å²) >= 11 is 0. The highest BCUT2D eigenvalue weighted by molar-refractivity contribution is 5.94. The van der Waals surface area contributed by atoms with Crippen LogP contribution in [0.15, 0.2) is 12.1 Å². The monoisotopic (exact) mass is 293 g/mol. The van der Waals surface area contributed by atoms with E-state index in [4.69, 9.17) is 4.74 Å². The molecule has 0 unspecified atom stereocenters. The van der Waals surface area contributed by atoms with Crippen LogP contribution in [0.25, 0.3) is 0 Å². The maximum Gasteiger partial charge on any atom is 0.341 e. The number of benzene rings is 1. The summed E-state index contributed by atoms with van der Waals surface area (Å²) in [4.78, 5) is 11.8. The molecule has 2 atom stereocenters. The van der Waals surface area contributed by atoms with Gasteiger partial charge in [0.05, 0.1) is 13.2 Å². The Kier molecular flexibility index (Phi) is 4.25. The molecular weight excluding hydrogens is 270 g/mol. The summed E-state index contributed by atoms with van der Waals surface area (Å²) < 4.78 is 4.73. The third kappa shape index (κ3) is 3.19. The smallest absolute Gasteiger partial charge is 0.341 e. The summed E-state index contributed by atoms with van der Waals surface area (Å²) in [7, 11) is 1.28. The number of aliphatic hydroxyl groups excluding tert-OH is 1. The summed E-state index contributed by atoms with van der Waals surface area (Å²) in [6, 6.07) is 3.04. The van der Waals surface area contributed by atoms with Gasteiger partial charge in [-0.05, 0) is 50.8 Å². The maximum atomic E-state index is 11.8. The predicted molar refractivity (Wildman–Crippen MR) is 79.4 cm³/mol. The van der Waals surface area contributed by atoms with Crippen molar-refractivity contribution in [1.29, 1.82) is 0 Å². The van der Waals surface area contributed by atoms with Crippen LogP contribution >= 0.6 is 0 Å². The number of ether oxygens (including phenoxy) is 1. The summed E-state index contributed by atoms with van der Waals surface area (Å²) in [5, 5.41) is 23.9. The fraction of sp³-hybridized carbons (Fsp3) is 0.562. The van der Waals surface area contributed by atoms with Gasteiger partial charge in [0.25, 0.3) is 0 Å². The lowest BCUT2D eigenvalue weighted by Gasteiger charge is -2.36. The van der Waals surface area contributed by atoms with Crippen LogP contribution in [0.3, 0.4) is 0 Å². The number of carbonyl (C=O) groups excluding carboxylic acids is 1. The zero-order chi connectivity index (χ0) is 15.8. The Balaban J connectivity index is 2.39. The first-order chi connectivity index (χ1) is 9.74. The number of esters is 1. The van der Waals surface area contributed by atoms with E-state index < -0.39 is 12.1 Å². The molecule has 0 aromatic heterocycles. The molecule has 3 N–H and O–H groups in total. The topological polar surface area (TPSA) is 78.8 Å². The standard InChI is InChI=1S/C16H23NO4/c1-16(2,3)17-11-7-5-9-10(14(11)19)6-8-12(18)13(9)15(20)21-4/h6,8,11,14,17-19H,5,7H2,1-4H3/t11-,14-/m1/s1. The number of hydrogen-bond acceptors (Lipinski definition) is 5. The summed E-state index contributed by atoms with van der Waals surface area (Å²) in [6.45, 7) is 6.14. The lowest BCUT2D eigenvalue weighted by molar-refractivity contribution is 0.0592. The van der Waals surface area contributed by atoms with Crippen LogP contribution in [0.2, 0.25) is 0 Å². The predicted octanol–water partition coefficient (Wildman–Crippen LogP) is 1.92. The minimum atomic E-state index is -0.711. The molecule has 0 heterocycles. The van der Waals surface area contributed by atoms with Crippen molar-refractivity contribution < 1.29 is 19.7 Å². The molecule has 1 aliphatic rings. The molecular formula is C16H23NO4. The molecule has 5 nitrogen and oxygen atoms in total. The van der Waals surface area contributed by atoms with E-state index in [1.807, 2.05) is 20.8 Å². The van der Waals surface area contributed by atoms with E-state index in [-0.39, 0.29) is 22.9 Å². The Morgan fingerprint density at radius 1 is 1.38 bits per heavy atom. The van der Waals surface area contributed by atoms with Crippen LogP contribution in [-0.2, 0) is 11.2 Å². The van der Waals surface area contributed by atoms with Gasteiger partial charge in [0, 0.05) is 11.6 Å². The van der Waals surface area contributed by atoms with Crippen LogP contribution in [0.5, 0.6) is 5.75 Å². The summed E-state index contributed by atoms with van der Waals surface area (Å²) in [6.07, 6.45) is 0.592. The van der Waals surface area contributed by atoms with Gasteiger partial charge in [0.15, 0.2) is 0 Å². The Hall–Kier alpha value is -1.59. The molecule has 0 saturated carbocycles. The first-order valence-corrected chi connectivity index (χ1v) is 7.13. The van der Waals surface area contributed by atoms with Crippen LogP contribution < -0.4 is 5.32 Å². The van der Waals surface area contributed by atoms with E-state index in [0.717, 1.165) is 0 Å². The van der Waals surface area contributed by atoms with Crippen molar-refractivity contribution in [3.05, 3.63) is 28.8 Å². The van der Waals surface area contributed by atoms with E-state index in [1.54, 1.807) is 6.07 Å². The molecule has 5 heteroatoms. The van der Waals surface area contributed by atoms with Gasteiger partial charge in [-0.1, -0.05) is 6.07 Å². The second-order valence-corrected chi connectivity index (χ2v) is 6.50. The minimum Gasteiger partial charge on any atom is -0.507 e. The zero-order valence-corrected chi connectivity index (χ0v) is 12.9. The van der Waals surface area contributed by atoms with Gasteiger partial charge in [0.2, 0.25) is 0 Å². The molecule has 21 heavy (non-hydrogen) atoms. The Morgan fingerprint density at radius 2 is 2.05 bits per heavy atom. The quantitative estimate of drug-likeness (QED) is 0.726. The van der Waals surface area contributed by atoms with Crippen LogP contribution in [0.4, 0.5) is 0 Å². The first-order valence-electron chi connectivity index (χ1n) is 7.13. The van der Waals surface area contributed by atoms with Crippen molar-refractivity contribution in [2.24, 2.45) is 0 Å². The van der Waals surface area contributed by atoms with Gasteiger partial charge in [0.1, 0.15) is 11.3 Å². The SMILES string of the molecule is COC(=O)c1c(O)ccc2c1CC[C@@H](NC(C)(C)C)[C@@H]2O. The maximum absolute atomic E-state index is 11.8. The number of phenolic OH excluding ortho intramolecular Hbond substituents is 1. The molecule has 2 rings (SSSR count). The van der Waals surface area contributed by atoms with Gasteiger partial charge in [-0.15, -0.1) is 0 Å². The van der Waals surface area contributed by atoms with Crippen molar-refractivity contribution in [3.8, 4) is 5.75 Å². The molecule has 1 aromatic rings. The number of nitrogens with one attached hydrogen (secondary N) is 1. The number of hydrogen-bond donors (Lipinski definition) is 3. The largest absolute Gasteiger partial charge is 0.507 e. The molecule has 1 aliphatic carbocycles. The molecule has 1 aromatic carbocycles. The highest BCUT2D eigenvalue weighted by Gasteiger charge is 2.33. The number of fused-ring (bicyclic) bond motifs is 1. The lowest BCUT2D eigenvalue weighted by Crippen LogP contribution is -2.48. The van der Waals surface area contributed by atoms with E-state index in [9.17, 15) is 15.0 Å². The summed E-state index contributed by atoms with van der Waals surface area (Å²) in [5.41, 5.74) is 1.43. The summed E-state index contributed by atoms with van der Waals surface area (Å²) in [5.74, 6) is -0.672. The Bertz CT molecular complexity index is 548. The first kappa shape index (κ1) is 15.8. The molecule has 0 amide bonds. The third-order valence-corrected chi connectivity index (χ3v) is 3.74. The Morgan fingerprint density at radius 3 is 2.62 bits per heavy atom. The van der Waals surface area contributed by atoms with Gasteiger partial charge in [-0.3, -0.25) is 0 Å². The molecule has 0 aliphatic heterocycles. The van der Waals surface area contributed by atoms with Crippen molar-refractivity contribution in [2.45, 2.75) is 51.3 Å². The highest BCUT2D eigenvalue weighted by atomic mass is 16.5. The van der Waals surface area contributed by atoms with Gasteiger partial charge in [-0.25, -0.2) is 4.79 Å². The van der Waals surface area contributed by atoms with Crippen molar-refractivity contribution in [1.82, 2.24) is 5.32 Å². The number of aromatic hydroxyl groups is 1. The fourth-order valence-corrected chi connectivity index (χ4v) is 2.91. The number of rotatable bonds is 2. The van der Waals surface area contributed by atoms with Crippen molar-refractivity contribution in [3.63, 3.8) is 0 Å². The highest BCUT2D eigenvalue weighted by Crippen LogP contribution is 2.36. The lowest BCUT2D eigenvalue weighted by atomic mass is 9.82. The molecule has 0 fully saturated rings. The Labute approximate surface area is 124 Å². The number of phenols is 1. The van der Waals surface area contributed by atoms with Crippen molar-refractivity contribution in [2.75, 3.05) is 7.11 Å². The van der Waals surface area contributed by atoms with E-state index >= 15 is 0 Å². The molecule has 0 spiro atoms. The molecule has 0 saturated heterocycles. The molecule has 0 radical (unpaired) electrons. The number of aliphatic hydroxyl groups is 1. The third-order valence-electron chi connectivity index (χ3n) is 3.74. The zero-order valence-electron chi connectivity index (χ0n) is 12.9. The average Bonchev–Trinajstić information content (AvgIpc) is 2.39. The second kappa shape index (κ2) is 5.66. The van der Waals surface area contributed by atoms with Crippen LogP contribution in [0.1, 0.15) is 54.8 Å². The van der Waals surface area contributed by atoms with E-state index in [2.05, 4.69) is 5.32 Å². The van der Waals surface area contributed by atoms with E-state index in [1.165, 1.54) is 13.2 Å². The van der Waals surface area contributed by atoms with Crippen LogP contribution in [0, 0.1) is 0 Å². The molecule has 0 bridgehead atoms. The van der Waals surface area contributed by atoms with Gasteiger partial charge in [-0.2, -0.15) is 0 Å². The van der Waals surface area contributed by atoms with Crippen molar-refractivity contribution >= 4 is 5.97 Å². The van der Waals surface area contributed by atoms with Gasteiger partial charge < -0.3 is 20.3 Å². The van der Waals surface area contributed by atoms with Crippen LogP contribution in [-0.4, -0.2) is 34.9 Å². The number of methoxy groups -OCH3 is 1. The average molecular weight is 293 g/mol. The second-order valence-electron chi connectivity index (χ2n) is 6.50. The minimum absolute atomic E-state index is 0.0764. The number of carbonyl (C=O) groups is 1. The normalized spacial score (nSPS) is 21.8. The molecule has 116 valence electrons. The van der Waals surface area contributed by atoms with Gasteiger partial charge >= 0.3 is 5.97 Å². The fourth-order valence-electron chi connectivity index (χ4n) is 2.91.